The molecule has 0 aliphatic carbocycles. The molecule has 2 aliphatic rings. The zero-order valence-corrected chi connectivity index (χ0v) is 31.7. The Morgan fingerprint density at radius 3 is 1.64 bits per heavy atom. The molecule has 56 heavy (non-hydrogen) atoms. The molecule has 15 heteroatoms. The van der Waals surface area contributed by atoms with Crippen LogP contribution in [-0.2, 0) is 35.4 Å². The van der Waals surface area contributed by atoms with Crippen molar-refractivity contribution in [1.82, 2.24) is 15.1 Å². The van der Waals surface area contributed by atoms with Crippen molar-refractivity contribution in [2.24, 2.45) is 0 Å². The molecule has 2 aliphatic heterocycles. The van der Waals surface area contributed by atoms with Crippen LogP contribution in [0.3, 0.4) is 0 Å². The van der Waals surface area contributed by atoms with Crippen molar-refractivity contribution in [3.05, 3.63) is 140 Å². The number of hydrogen-bond donors (Lipinski definition) is 1. The predicted molar refractivity (Wildman–Crippen MR) is 205 cm³/mol. The molecule has 15 nitrogen and oxygen atoms in total. The molecule has 1 N–H and O–H groups in total. The summed E-state index contributed by atoms with van der Waals surface area (Å²) in [5, 5.41) is 26.3. The second-order valence-electron chi connectivity index (χ2n) is 14.3. The summed E-state index contributed by atoms with van der Waals surface area (Å²) in [5.41, 5.74) is 2.52. The third-order valence-corrected chi connectivity index (χ3v) is 9.86. The lowest BCUT2D eigenvalue weighted by Crippen LogP contribution is -2.51. The van der Waals surface area contributed by atoms with Crippen LogP contribution in [0.15, 0.2) is 97.1 Å². The average molecular weight is 768 g/mol. The number of carbonyl (C=O) groups excluding carboxylic acids is 2. The SMILES string of the molecule is CCCNC(=O)Oc1ccc(C[C@@H]2[C@@H]3OC(C)(C)O[C@H]3[C@@H](Cc3ccc(OC)cc3)N(Cc3cccc([N+](=O)[O-])c3)C(=O)N2Cc2cccc([N+](=O)[O-])c2)cc1. The number of rotatable bonds is 14. The van der Waals surface area contributed by atoms with Gasteiger partial charge in [0, 0.05) is 43.9 Å². The summed E-state index contributed by atoms with van der Waals surface area (Å²) >= 11 is 0. The normalized spacial score (nSPS) is 20.2. The zero-order valence-electron chi connectivity index (χ0n) is 31.7. The Bertz CT molecular complexity index is 2040. The van der Waals surface area contributed by atoms with E-state index in [9.17, 15) is 25.0 Å². The van der Waals surface area contributed by atoms with E-state index in [-0.39, 0.29) is 30.9 Å². The number of ether oxygens (including phenoxy) is 4. The molecule has 0 radical (unpaired) electrons. The zero-order chi connectivity index (χ0) is 40.0. The molecule has 294 valence electrons. The number of nitrogens with zero attached hydrogens (tertiary/aromatic N) is 4. The van der Waals surface area contributed by atoms with Gasteiger partial charge in [-0.3, -0.25) is 20.2 Å². The maximum absolute atomic E-state index is 15.3. The number of hydrogen-bond acceptors (Lipinski definition) is 10. The van der Waals surface area contributed by atoms with Gasteiger partial charge in [-0.05, 0) is 79.6 Å². The molecule has 3 amide bonds. The van der Waals surface area contributed by atoms with E-state index in [0.717, 1.165) is 17.5 Å². The van der Waals surface area contributed by atoms with E-state index in [0.29, 0.717) is 35.6 Å². The van der Waals surface area contributed by atoms with Gasteiger partial charge in [0.1, 0.15) is 23.7 Å². The molecule has 2 saturated heterocycles. The number of urea groups is 1. The van der Waals surface area contributed by atoms with Crippen LogP contribution in [-0.4, -0.2) is 75.5 Å². The Hall–Kier alpha value is -6.06. The number of methoxy groups -OCH3 is 1. The summed E-state index contributed by atoms with van der Waals surface area (Å²) in [4.78, 5) is 53.6. The van der Waals surface area contributed by atoms with Crippen LogP contribution in [0.2, 0.25) is 0 Å². The lowest BCUT2D eigenvalue weighted by Gasteiger charge is -2.37. The second kappa shape index (κ2) is 17.2. The lowest BCUT2D eigenvalue weighted by atomic mass is 9.90. The first kappa shape index (κ1) is 39.6. The Morgan fingerprint density at radius 1 is 0.750 bits per heavy atom. The molecule has 4 aromatic carbocycles. The largest absolute Gasteiger partial charge is 0.497 e. The molecule has 2 fully saturated rings. The lowest BCUT2D eigenvalue weighted by molar-refractivity contribution is -0.385. The minimum atomic E-state index is -1.07. The fourth-order valence-corrected chi connectivity index (χ4v) is 7.28. The van der Waals surface area contributed by atoms with Crippen molar-refractivity contribution in [2.75, 3.05) is 13.7 Å². The van der Waals surface area contributed by atoms with Crippen LogP contribution in [0.25, 0.3) is 0 Å². The van der Waals surface area contributed by atoms with E-state index < -0.39 is 52.0 Å². The van der Waals surface area contributed by atoms with Gasteiger partial charge in [0.25, 0.3) is 11.4 Å². The van der Waals surface area contributed by atoms with Gasteiger partial charge in [0.2, 0.25) is 0 Å². The molecule has 4 aromatic rings. The van der Waals surface area contributed by atoms with Gasteiger partial charge in [-0.2, -0.15) is 0 Å². The van der Waals surface area contributed by atoms with Gasteiger partial charge in [-0.25, -0.2) is 9.59 Å². The minimum absolute atomic E-state index is 0.00136. The number of carbonyl (C=O) groups is 2. The maximum atomic E-state index is 15.3. The van der Waals surface area contributed by atoms with Gasteiger partial charge in [0.05, 0.1) is 29.0 Å². The molecule has 0 bridgehead atoms. The first-order valence-electron chi connectivity index (χ1n) is 18.4. The van der Waals surface area contributed by atoms with E-state index >= 15 is 4.79 Å². The molecule has 0 saturated carbocycles. The molecule has 0 spiro atoms. The van der Waals surface area contributed by atoms with Crippen molar-refractivity contribution < 1.29 is 38.4 Å². The van der Waals surface area contributed by atoms with Crippen LogP contribution in [0.1, 0.15) is 49.4 Å². The van der Waals surface area contributed by atoms with Crippen LogP contribution in [0, 0.1) is 20.2 Å². The number of fused-ring (bicyclic) bond motifs is 1. The Morgan fingerprint density at radius 2 is 1.21 bits per heavy atom. The fourth-order valence-electron chi connectivity index (χ4n) is 7.28. The Labute approximate surface area is 324 Å². The molecule has 6 rings (SSSR count). The summed E-state index contributed by atoms with van der Waals surface area (Å²) in [5.74, 6) is -0.0564. The van der Waals surface area contributed by atoms with E-state index in [1.54, 1.807) is 53.3 Å². The van der Waals surface area contributed by atoms with Crippen molar-refractivity contribution in [3.63, 3.8) is 0 Å². The van der Waals surface area contributed by atoms with Gasteiger partial charge >= 0.3 is 12.1 Å². The summed E-state index contributed by atoms with van der Waals surface area (Å²) in [6.45, 7) is 6.03. The predicted octanol–water partition coefficient (Wildman–Crippen LogP) is 7.19. The molecule has 2 heterocycles. The van der Waals surface area contributed by atoms with Crippen molar-refractivity contribution in [1.29, 1.82) is 0 Å². The van der Waals surface area contributed by atoms with Gasteiger partial charge in [0.15, 0.2) is 5.79 Å². The first-order chi connectivity index (χ1) is 26.8. The third-order valence-electron chi connectivity index (χ3n) is 9.86. The van der Waals surface area contributed by atoms with Gasteiger partial charge in [-0.15, -0.1) is 0 Å². The van der Waals surface area contributed by atoms with E-state index in [4.69, 9.17) is 18.9 Å². The van der Waals surface area contributed by atoms with Gasteiger partial charge < -0.3 is 34.1 Å². The van der Waals surface area contributed by atoms with Crippen LogP contribution in [0.5, 0.6) is 11.5 Å². The minimum Gasteiger partial charge on any atom is -0.497 e. The molecular weight excluding hydrogens is 722 g/mol. The number of nitro benzene ring substituents is 2. The summed E-state index contributed by atoms with van der Waals surface area (Å²) in [7, 11) is 1.58. The average Bonchev–Trinajstić information content (AvgIpc) is 3.49. The highest BCUT2D eigenvalue weighted by atomic mass is 16.8. The second-order valence-corrected chi connectivity index (χ2v) is 14.3. The number of amides is 3. The number of benzene rings is 4. The van der Waals surface area contributed by atoms with E-state index in [2.05, 4.69) is 5.32 Å². The van der Waals surface area contributed by atoms with Crippen LogP contribution in [0.4, 0.5) is 21.0 Å². The summed E-state index contributed by atoms with van der Waals surface area (Å²) in [6, 6.07) is 25.1. The smallest absolute Gasteiger partial charge is 0.412 e. The first-order valence-corrected chi connectivity index (χ1v) is 18.4. The van der Waals surface area contributed by atoms with E-state index in [1.807, 2.05) is 57.2 Å². The summed E-state index contributed by atoms with van der Waals surface area (Å²) in [6.07, 6.45) is -0.555. The molecule has 4 atom stereocenters. The number of nitrogens with one attached hydrogen (secondary N) is 1. The monoisotopic (exact) mass is 767 g/mol. The standard InChI is InChI=1S/C41H45N5O10/c1-5-20-42-39(47)54-34-18-14-28(15-19-34)24-36-38-37(55-41(2,3)56-38)35(23-27-12-16-33(53-4)17-13-27)43(25-29-8-6-10-31(21-29)45(49)50)40(48)44(36)26-30-9-7-11-32(22-30)46(51)52/h6-19,21-22,35-38H,5,20,23-26H2,1-4H3,(H,42,47)/t35-,36-,37+,38+/m1/s1. The highest BCUT2D eigenvalue weighted by molar-refractivity contribution is 5.76. The van der Waals surface area contributed by atoms with Crippen molar-refractivity contribution in [2.45, 2.75) is 83.2 Å². The maximum Gasteiger partial charge on any atom is 0.412 e. The quantitative estimate of drug-likeness (QED) is 0.102. The Balaban J connectivity index is 1.46. The summed E-state index contributed by atoms with van der Waals surface area (Å²) < 4.78 is 24.3. The van der Waals surface area contributed by atoms with Gasteiger partial charge in [-0.1, -0.05) is 55.5 Å². The fraction of sp³-hybridized carbons (Fsp3) is 0.366. The Kier molecular flexibility index (Phi) is 12.1. The van der Waals surface area contributed by atoms with Crippen molar-refractivity contribution in [3.8, 4) is 11.5 Å². The molecule has 0 aromatic heterocycles. The van der Waals surface area contributed by atoms with Crippen molar-refractivity contribution >= 4 is 23.5 Å². The molecular formula is C41H45N5O10. The third kappa shape index (κ3) is 9.41. The van der Waals surface area contributed by atoms with Crippen LogP contribution >= 0.6 is 0 Å². The topological polar surface area (TPSA) is 176 Å². The number of nitro groups is 2. The van der Waals surface area contributed by atoms with Crippen LogP contribution < -0.4 is 14.8 Å². The molecule has 0 unspecified atom stereocenters. The van der Waals surface area contributed by atoms with E-state index in [1.165, 1.54) is 24.3 Å². The number of non-ortho nitro benzene ring substituents is 2. The highest BCUT2D eigenvalue weighted by Crippen LogP contribution is 2.41. The highest BCUT2D eigenvalue weighted by Gasteiger charge is 2.55.